The van der Waals surface area contributed by atoms with E-state index in [1.807, 2.05) is 36.4 Å². The number of benzene rings is 1. The predicted octanol–water partition coefficient (Wildman–Crippen LogP) is 2.00. The van der Waals surface area contributed by atoms with E-state index < -0.39 is 5.54 Å². The number of nitrogens with zero attached hydrogens (tertiary/aromatic N) is 3. The number of hydrogen-bond acceptors (Lipinski definition) is 5. The molecule has 164 valence electrons. The summed E-state index contributed by atoms with van der Waals surface area (Å²) >= 11 is 0. The normalized spacial score (nSPS) is 21.0. The highest BCUT2D eigenvalue weighted by Gasteiger charge is 2.49. The van der Waals surface area contributed by atoms with Gasteiger partial charge in [0.1, 0.15) is 17.0 Å². The van der Waals surface area contributed by atoms with Gasteiger partial charge in [-0.05, 0) is 19.3 Å². The molecule has 1 aromatic carbocycles. The number of hydrogen-bond donors (Lipinski definition) is 1. The lowest BCUT2D eigenvalue weighted by atomic mass is 9.89. The molecule has 0 saturated carbocycles. The smallest absolute Gasteiger partial charge is 0.246 e. The van der Waals surface area contributed by atoms with E-state index in [0.717, 1.165) is 24.9 Å². The minimum Gasteiger partial charge on any atom is -0.361 e. The molecule has 0 spiro atoms. The molecule has 1 N–H and O–H groups in total. The molecule has 8 nitrogen and oxygen atoms in total. The third-order valence-electron chi connectivity index (χ3n) is 6.23. The molecule has 31 heavy (non-hydrogen) atoms. The van der Waals surface area contributed by atoms with Crippen molar-refractivity contribution in [3.63, 3.8) is 0 Å². The Labute approximate surface area is 181 Å². The molecule has 1 aromatic heterocycles. The summed E-state index contributed by atoms with van der Waals surface area (Å²) in [5, 5.41) is 7.12. The number of likely N-dealkylation sites (tertiary alicyclic amines) is 2. The minimum atomic E-state index is -1.01. The zero-order valence-electron chi connectivity index (χ0n) is 17.8. The van der Waals surface area contributed by atoms with Crippen LogP contribution in [0.2, 0.25) is 0 Å². The molecule has 0 unspecified atom stereocenters. The van der Waals surface area contributed by atoms with Crippen LogP contribution >= 0.6 is 0 Å². The first-order valence-corrected chi connectivity index (χ1v) is 10.8. The summed E-state index contributed by atoms with van der Waals surface area (Å²) in [6, 6.07) is 11.5. The van der Waals surface area contributed by atoms with Crippen LogP contribution in [0.5, 0.6) is 0 Å². The van der Waals surface area contributed by atoms with E-state index in [1.165, 1.54) is 6.92 Å². The number of carbonyl (C=O) groups is 3. The lowest BCUT2D eigenvalue weighted by Crippen LogP contribution is -2.59. The van der Waals surface area contributed by atoms with Crippen LogP contribution in [0.3, 0.4) is 0 Å². The van der Waals surface area contributed by atoms with Gasteiger partial charge in [0, 0.05) is 57.6 Å². The molecular weight excluding hydrogens is 396 g/mol. The number of carbonyl (C=O) groups excluding carboxylic acids is 3. The van der Waals surface area contributed by atoms with Crippen molar-refractivity contribution in [2.45, 2.75) is 44.6 Å². The van der Waals surface area contributed by atoms with Crippen molar-refractivity contribution >= 4 is 17.7 Å². The fourth-order valence-electron chi connectivity index (χ4n) is 4.68. The highest BCUT2D eigenvalue weighted by molar-refractivity contribution is 5.92. The van der Waals surface area contributed by atoms with Gasteiger partial charge in [0.15, 0.2) is 0 Å². The Hall–Kier alpha value is -3.16. The van der Waals surface area contributed by atoms with Crippen LogP contribution in [0.25, 0.3) is 11.3 Å². The third kappa shape index (κ3) is 4.33. The fraction of sp³-hybridized carbons (Fsp3) is 0.478. The van der Waals surface area contributed by atoms with E-state index in [1.54, 1.807) is 9.80 Å². The second kappa shape index (κ2) is 8.91. The SMILES string of the molecule is CC(=O)N1CCC[C@@]1(Cc1cc(-c2ccccc2)no1)C(=O)NCCN1CCCC1=O. The van der Waals surface area contributed by atoms with E-state index in [9.17, 15) is 14.4 Å². The van der Waals surface area contributed by atoms with Crippen LogP contribution in [-0.4, -0.2) is 64.4 Å². The molecule has 2 saturated heterocycles. The van der Waals surface area contributed by atoms with Gasteiger partial charge in [-0.2, -0.15) is 0 Å². The van der Waals surface area contributed by atoms with Crippen molar-refractivity contribution in [3.8, 4) is 11.3 Å². The number of rotatable bonds is 7. The Bertz CT molecular complexity index is 957. The Morgan fingerprint density at radius 2 is 2.00 bits per heavy atom. The van der Waals surface area contributed by atoms with Crippen LogP contribution in [0, 0.1) is 0 Å². The molecule has 3 heterocycles. The largest absolute Gasteiger partial charge is 0.361 e. The molecule has 0 radical (unpaired) electrons. The monoisotopic (exact) mass is 424 g/mol. The van der Waals surface area contributed by atoms with E-state index in [4.69, 9.17) is 4.52 Å². The number of nitrogens with one attached hydrogen (secondary N) is 1. The Balaban J connectivity index is 1.50. The van der Waals surface area contributed by atoms with Gasteiger partial charge in [-0.3, -0.25) is 14.4 Å². The molecule has 0 aliphatic carbocycles. The van der Waals surface area contributed by atoms with Crippen molar-refractivity contribution in [1.29, 1.82) is 0 Å². The van der Waals surface area contributed by atoms with Crippen molar-refractivity contribution in [1.82, 2.24) is 20.3 Å². The number of amides is 3. The minimum absolute atomic E-state index is 0.130. The second-order valence-corrected chi connectivity index (χ2v) is 8.27. The predicted molar refractivity (Wildman–Crippen MR) is 114 cm³/mol. The van der Waals surface area contributed by atoms with Gasteiger partial charge in [0.25, 0.3) is 0 Å². The van der Waals surface area contributed by atoms with Crippen LogP contribution in [0.1, 0.15) is 38.4 Å². The Kier molecular flexibility index (Phi) is 6.06. The zero-order valence-corrected chi connectivity index (χ0v) is 17.8. The van der Waals surface area contributed by atoms with Crippen molar-refractivity contribution < 1.29 is 18.9 Å². The first-order chi connectivity index (χ1) is 15.0. The maximum absolute atomic E-state index is 13.3. The first kappa shape index (κ1) is 21.1. The van der Waals surface area contributed by atoms with Crippen LogP contribution in [0.4, 0.5) is 0 Å². The van der Waals surface area contributed by atoms with E-state index in [-0.39, 0.29) is 24.1 Å². The Morgan fingerprint density at radius 1 is 1.19 bits per heavy atom. The quantitative estimate of drug-likeness (QED) is 0.734. The van der Waals surface area contributed by atoms with E-state index in [0.29, 0.717) is 43.9 Å². The molecule has 3 amide bonds. The van der Waals surface area contributed by atoms with Gasteiger partial charge < -0.3 is 19.6 Å². The maximum atomic E-state index is 13.3. The van der Waals surface area contributed by atoms with E-state index >= 15 is 0 Å². The standard InChI is InChI=1S/C23H28N4O4/c1-17(28)27-13-6-10-23(27,22(30)24-11-14-26-12-5-9-21(26)29)16-19-15-20(25-31-19)18-7-3-2-4-8-18/h2-4,7-8,15H,5-6,9-14,16H2,1H3,(H,24,30)/t23-/m1/s1. The van der Waals surface area contributed by atoms with Crippen molar-refractivity contribution in [2.24, 2.45) is 0 Å². The molecule has 2 aliphatic heterocycles. The Morgan fingerprint density at radius 3 is 2.71 bits per heavy atom. The highest BCUT2D eigenvalue weighted by Crippen LogP contribution is 2.34. The third-order valence-corrected chi connectivity index (χ3v) is 6.23. The zero-order chi connectivity index (χ0) is 21.8. The molecule has 0 bridgehead atoms. The summed E-state index contributed by atoms with van der Waals surface area (Å²) in [4.78, 5) is 40.9. The summed E-state index contributed by atoms with van der Waals surface area (Å²) < 4.78 is 5.56. The lowest BCUT2D eigenvalue weighted by molar-refractivity contribution is -0.144. The molecule has 4 rings (SSSR count). The fourth-order valence-corrected chi connectivity index (χ4v) is 4.68. The summed E-state index contributed by atoms with van der Waals surface area (Å²) in [6.45, 7) is 3.61. The molecule has 2 aromatic rings. The first-order valence-electron chi connectivity index (χ1n) is 10.8. The summed E-state index contributed by atoms with van der Waals surface area (Å²) in [5.41, 5.74) is 0.626. The van der Waals surface area contributed by atoms with Crippen molar-refractivity contribution in [3.05, 3.63) is 42.2 Å². The van der Waals surface area contributed by atoms with Gasteiger partial charge in [0.05, 0.1) is 0 Å². The van der Waals surface area contributed by atoms with Crippen LogP contribution < -0.4 is 5.32 Å². The van der Waals surface area contributed by atoms with Gasteiger partial charge in [-0.25, -0.2) is 0 Å². The average Bonchev–Trinajstić information content (AvgIpc) is 3.50. The van der Waals surface area contributed by atoms with E-state index in [2.05, 4.69) is 10.5 Å². The van der Waals surface area contributed by atoms with Crippen molar-refractivity contribution in [2.75, 3.05) is 26.2 Å². The van der Waals surface area contributed by atoms with Crippen LogP contribution in [0.15, 0.2) is 40.9 Å². The molecule has 8 heteroatoms. The summed E-state index contributed by atoms with van der Waals surface area (Å²) in [6.07, 6.45) is 3.01. The second-order valence-electron chi connectivity index (χ2n) is 8.27. The molecule has 2 fully saturated rings. The maximum Gasteiger partial charge on any atom is 0.246 e. The summed E-state index contributed by atoms with van der Waals surface area (Å²) in [5.74, 6) is 0.358. The molecule has 1 atom stereocenters. The van der Waals surface area contributed by atoms with Gasteiger partial charge in [0.2, 0.25) is 17.7 Å². The van der Waals surface area contributed by atoms with Crippen LogP contribution in [-0.2, 0) is 20.8 Å². The molecular formula is C23H28N4O4. The summed E-state index contributed by atoms with van der Waals surface area (Å²) in [7, 11) is 0. The van der Waals surface area contributed by atoms with Gasteiger partial charge in [-0.15, -0.1) is 0 Å². The lowest BCUT2D eigenvalue weighted by Gasteiger charge is -2.36. The number of aromatic nitrogens is 1. The highest BCUT2D eigenvalue weighted by atomic mass is 16.5. The topological polar surface area (TPSA) is 95.8 Å². The average molecular weight is 425 g/mol. The van der Waals surface area contributed by atoms with Gasteiger partial charge in [-0.1, -0.05) is 35.5 Å². The molecule has 2 aliphatic rings. The van der Waals surface area contributed by atoms with Gasteiger partial charge >= 0.3 is 0 Å².